The highest BCUT2D eigenvalue weighted by atomic mass is 32.2. The zero-order chi connectivity index (χ0) is 19.9. The number of ether oxygens (including phenoxy) is 2. The van der Waals surface area contributed by atoms with Gasteiger partial charge >= 0.3 is 5.97 Å². The monoisotopic (exact) mass is 396 g/mol. The molecule has 1 aliphatic heterocycles. The highest BCUT2D eigenvalue weighted by Gasteiger charge is 2.30. The van der Waals surface area contributed by atoms with Gasteiger partial charge in [0.25, 0.3) is 5.91 Å². The average Bonchev–Trinajstić information content (AvgIpc) is 2.70. The third kappa shape index (κ3) is 5.54. The summed E-state index contributed by atoms with van der Waals surface area (Å²) in [4.78, 5) is 25.2. The normalized spacial score (nSPS) is 15.7. The maximum atomic E-state index is 12.7. The number of nitrogens with zero attached hydrogens (tertiary/aromatic N) is 2. The molecule has 0 bridgehead atoms. The lowest BCUT2D eigenvalue weighted by Gasteiger charge is -2.33. The summed E-state index contributed by atoms with van der Waals surface area (Å²) in [5.74, 6) is -0.326. The Morgan fingerprint density at radius 3 is 2.30 bits per heavy atom. The first kappa shape index (κ1) is 20.9. The molecule has 1 fully saturated rings. The van der Waals surface area contributed by atoms with Crippen molar-refractivity contribution in [2.75, 3.05) is 39.9 Å². The van der Waals surface area contributed by atoms with Crippen molar-refractivity contribution in [3.05, 3.63) is 36.4 Å². The van der Waals surface area contributed by atoms with Gasteiger partial charge < -0.3 is 14.4 Å². The van der Waals surface area contributed by atoms with E-state index in [0.29, 0.717) is 12.2 Å². The minimum Gasteiger partial charge on any atom is -0.497 e. The van der Waals surface area contributed by atoms with Gasteiger partial charge in [0.15, 0.2) is 6.61 Å². The van der Waals surface area contributed by atoms with Gasteiger partial charge in [-0.2, -0.15) is 4.31 Å². The summed E-state index contributed by atoms with van der Waals surface area (Å²) in [7, 11) is -2.12. The number of hydrogen-bond donors (Lipinski definition) is 0. The number of esters is 1. The quantitative estimate of drug-likeness (QED) is 0.505. The molecule has 9 heteroatoms. The van der Waals surface area contributed by atoms with Gasteiger partial charge in [-0.3, -0.25) is 4.79 Å². The number of methoxy groups -OCH3 is 1. The lowest BCUT2D eigenvalue weighted by Crippen LogP contribution is -2.51. The molecule has 27 heavy (non-hydrogen) atoms. The molecule has 1 aromatic carbocycles. The SMILES string of the molecule is CC/C=C/C(=O)OCC(=O)N1CCN(S(=O)(=O)c2ccc(OC)cc2)CC1. The van der Waals surface area contributed by atoms with E-state index < -0.39 is 16.0 Å². The molecule has 0 atom stereocenters. The van der Waals surface area contributed by atoms with Crippen LogP contribution >= 0.6 is 0 Å². The van der Waals surface area contributed by atoms with Crippen LogP contribution in [0.1, 0.15) is 13.3 Å². The number of sulfonamides is 1. The Morgan fingerprint density at radius 1 is 1.11 bits per heavy atom. The van der Waals surface area contributed by atoms with E-state index in [9.17, 15) is 18.0 Å². The molecule has 2 rings (SSSR count). The summed E-state index contributed by atoms with van der Waals surface area (Å²) in [5, 5.41) is 0. The smallest absolute Gasteiger partial charge is 0.330 e. The van der Waals surface area contributed by atoms with E-state index in [4.69, 9.17) is 9.47 Å². The second-order valence-corrected chi connectivity index (χ2v) is 7.82. The van der Waals surface area contributed by atoms with Gasteiger partial charge in [-0.15, -0.1) is 0 Å². The molecule has 8 nitrogen and oxygen atoms in total. The number of allylic oxidation sites excluding steroid dienone is 1. The predicted molar refractivity (Wildman–Crippen MR) is 98.7 cm³/mol. The molecular weight excluding hydrogens is 372 g/mol. The molecular formula is C18H24N2O6S. The fourth-order valence-corrected chi connectivity index (χ4v) is 3.98. The van der Waals surface area contributed by atoms with Crippen molar-refractivity contribution in [2.45, 2.75) is 18.2 Å². The van der Waals surface area contributed by atoms with Crippen molar-refractivity contribution in [3.63, 3.8) is 0 Å². The van der Waals surface area contributed by atoms with Crippen molar-refractivity contribution in [3.8, 4) is 5.75 Å². The second-order valence-electron chi connectivity index (χ2n) is 5.88. The molecule has 0 N–H and O–H groups in total. The Bertz CT molecular complexity index is 781. The van der Waals surface area contributed by atoms with Crippen molar-refractivity contribution in [1.82, 2.24) is 9.21 Å². The number of amides is 1. The van der Waals surface area contributed by atoms with Crippen molar-refractivity contribution < 1.29 is 27.5 Å². The van der Waals surface area contributed by atoms with E-state index in [1.54, 1.807) is 18.2 Å². The Kier molecular flexibility index (Phi) is 7.37. The zero-order valence-corrected chi connectivity index (χ0v) is 16.3. The van der Waals surface area contributed by atoms with Crippen LogP contribution in [0.15, 0.2) is 41.3 Å². The van der Waals surface area contributed by atoms with Gasteiger partial charge in [0.1, 0.15) is 5.75 Å². The van der Waals surface area contributed by atoms with Crippen LogP contribution in [0, 0.1) is 0 Å². The van der Waals surface area contributed by atoms with E-state index in [0.717, 1.165) is 0 Å². The van der Waals surface area contributed by atoms with Crippen LogP contribution in [0.5, 0.6) is 5.75 Å². The average molecular weight is 396 g/mol. The highest BCUT2D eigenvalue weighted by molar-refractivity contribution is 7.89. The van der Waals surface area contributed by atoms with E-state index in [1.807, 2.05) is 6.92 Å². The summed E-state index contributed by atoms with van der Waals surface area (Å²) in [6.07, 6.45) is 3.63. The predicted octanol–water partition coefficient (Wildman–Crippen LogP) is 1.04. The first-order valence-electron chi connectivity index (χ1n) is 8.63. The molecule has 148 valence electrons. The van der Waals surface area contributed by atoms with Gasteiger partial charge in [0.2, 0.25) is 10.0 Å². The Labute approximate surface area is 159 Å². The molecule has 1 amide bonds. The summed E-state index contributed by atoms with van der Waals surface area (Å²) in [6, 6.07) is 6.17. The van der Waals surface area contributed by atoms with Crippen LogP contribution in [0.25, 0.3) is 0 Å². The third-order valence-corrected chi connectivity index (χ3v) is 6.03. The fourth-order valence-electron chi connectivity index (χ4n) is 2.56. The molecule has 1 saturated heterocycles. The van der Waals surface area contributed by atoms with Gasteiger partial charge in [-0.25, -0.2) is 13.2 Å². The minimum atomic E-state index is -3.63. The number of piperazine rings is 1. The van der Waals surface area contributed by atoms with Crippen LogP contribution in [-0.4, -0.2) is 69.4 Å². The van der Waals surface area contributed by atoms with Crippen molar-refractivity contribution >= 4 is 21.9 Å². The Balaban J connectivity index is 1.89. The van der Waals surface area contributed by atoms with Crippen LogP contribution in [0.2, 0.25) is 0 Å². The molecule has 1 aliphatic rings. The maximum Gasteiger partial charge on any atom is 0.330 e. The van der Waals surface area contributed by atoms with Crippen molar-refractivity contribution in [2.24, 2.45) is 0 Å². The van der Waals surface area contributed by atoms with E-state index in [2.05, 4.69) is 0 Å². The lowest BCUT2D eigenvalue weighted by molar-refractivity contribution is -0.148. The standard InChI is InChI=1S/C18H24N2O6S/c1-3-4-5-18(22)26-14-17(21)19-10-12-20(13-11-19)27(23,24)16-8-6-15(25-2)7-9-16/h4-9H,3,10-14H2,1-2H3/b5-4+. The minimum absolute atomic E-state index is 0.180. The second kappa shape index (κ2) is 9.52. The van der Waals surface area contributed by atoms with E-state index in [1.165, 1.54) is 34.5 Å². The number of rotatable bonds is 7. The van der Waals surface area contributed by atoms with Gasteiger partial charge in [-0.05, 0) is 30.7 Å². The van der Waals surface area contributed by atoms with Crippen LogP contribution in [-0.2, 0) is 24.3 Å². The van der Waals surface area contributed by atoms with Crippen LogP contribution in [0.3, 0.4) is 0 Å². The zero-order valence-electron chi connectivity index (χ0n) is 15.5. The van der Waals surface area contributed by atoms with Gasteiger partial charge in [-0.1, -0.05) is 13.0 Å². The fraction of sp³-hybridized carbons (Fsp3) is 0.444. The molecule has 1 heterocycles. The van der Waals surface area contributed by atoms with E-state index >= 15 is 0 Å². The van der Waals surface area contributed by atoms with Crippen LogP contribution in [0.4, 0.5) is 0 Å². The van der Waals surface area contributed by atoms with E-state index in [-0.39, 0.29) is 43.6 Å². The first-order chi connectivity index (χ1) is 12.9. The molecule has 0 spiro atoms. The summed E-state index contributed by atoms with van der Waals surface area (Å²) < 4.78 is 36.6. The summed E-state index contributed by atoms with van der Waals surface area (Å²) in [5.41, 5.74) is 0. The number of hydrogen-bond acceptors (Lipinski definition) is 6. The Morgan fingerprint density at radius 2 is 1.74 bits per heavy atom. The molecule has 0 saturated carbocycles. The first-order valence-corrected chi connectivity index (χ1v) is 10.1. The molecule has 0 unspecified atom stereocenters. The summed E-state index contributed by atoms with van der Waals surface area (Å²) in [6.45, 7) is 2.40. The molecule has 1 aromatic rings. The topological polar surface area (TPSA) is 93.2 Å². The van der Waals surface area contributed by atoms with Gasteiger partial charge in [0.05, 0.1) is 12.0 Å². The maximum absolute atomic E-state index is 12.7. The van der Waals surface area contributed by atoms with Crippen molar-refractivity contribution in [1.29, 1.82) is 0 Å². The molecule has 0 aromatic heterocycles. The number of carbonyl (C=O) groups is 2. The summed E-state index contributed by atoms with van der Waals surface area (Å²) >= 11 is 0. The lowest BCUT2D eigenvalue weighted by atomic mass is 10.3. The third-order valence-electron chi connectivity index (χ3n) is 4.12. The number of benzene rings is 1. The van der Waals surface area contributed by atoms with Crippen LogP contribution < -0.4 is 4.74 Å². The molecule has 0 aliphatic carbocycles. The molecule has 0 radical (unpaired) electrons. The number of carbonyl (C=O) groups excluding carboxylic acids is 2. The highest BCUT2D eigenvalue weighted by Crippen LogP contribution is 2.20. The largest absolute Gasteiger partial charge is 0.497 e. The Hall–Kier alpha value is -2.39. The van der Waals surface area contributed by atoms with Gasteiger partial charge in [0, 0.05) is 32.3 Å².